The first kappa shape index (κ1) is 16.2. The molecule has 24 heavy (non-hydrogen) atoms. The summed E-state index contributed by atoms with van der Waals surface area (Å²) in [5.41, 5.74) is 2.30. The zero-order valence-electron chi connectivity index (χ0n) is 13.2. The van der Waals surface area contributed by atoms with Crippen molar-refractivity contribution in [1.29, 1.82) is 0 Å². The van der Waals surface area contributed by atoms with Crippen molar-refractivity contribution >= 4 is 33.5 Å². The monoisotopic (exact) mass is 386 g/mol. The normalized spacial score (nSPS) is 10.5. The van der Waals surface area contributed by atoms with E-state index >= 15 is 0 Å². The maximum Gasteiger partial charge on any atom is 0.322 e. The first-order chi connectivity index (χ1) is 11.5. The van der Waals surface area contributed by atoms with Crippen LogP contribution in [0, 0.1) is 0 Å². The van der Waals surface area contributed by atoms with E-state index in [0.29, 0.717) is 11.5 Å². The number of nitrogens with one attached hydrogen (secondary N) is 1. The standard InChI is InChI=1S/C17H15BrN4O2/c1-22(2)14-8-6-11(7-9-14)15(23)19-17-21-20-16(24-17)12-4-3-5-13(18)10-12/h3-10H,1-2H3,(H,19,21,23). The third-order valence-corrected chi connectivity index (χ3v) is 3.86. The van der Waals surface area contributed by atoms with Gasteiger partial charge in [-0.25, -0.2) is 0 Å². The van der Waals surface area contributed by atoms with Crippen LogP contribution in [-0.4, -0.2) is 30.2 Å². The van der Waals surface area contributed by atoms with Crippen LogP contribution in [-0.2, 0) is 0 Å². The minimum absolute atomic E-state index is 0.0617. The Morgan fingerprint density at radius 1 is 1.12 bits per heavy atom. The van der Waals surface area contributed by atoms with Crippen LogP contribution in [0.3, 0.4) is 0 Å². The van der Waals surface area contributed by atoms with Crippen molar-refractivity contribution in [2.24, 2.45) is 0 Å². The van der Waals surface area contributed by atoms with Crippen molar-refractivity contribution in [2.75, 3.05) is 24.3 Å². The number of carbonyl (C=O) groups is 1. The van der Waals surface area contributed by atoms with E-state index in [1.165, 1.54) is 0 Å². The van der Waals surface area contributed by atoms with E-state index in [4.69, 9.17) is 4.42 Å². The molecule has 0 radical (unpaired) electrons. The summed E-state index contributed by atoms with van der Waals surface area (Å²) in [5.74, 6) is 0.0410. The summed E-state index contributed by atoms with van der Waals surface area (Å²) in [7, 11) is 3.88. The molecule has 0 fully saturated rings. The molecule has 0 unspecified atom stereocenters. The highest BCUT2D eigenvalue weighted by atomic mass is 79.9. The van der Waals surface area contributed by atoms with E-state index < -0.39 is 0 Å². The lowest BCUT2D eigenvalue weighted by atomic mass is 10.2. The largest absolute Gasteiger partial charge is 0.403 e. The number of nitrogens with zero attached hydrogens (tertiary/aromatic N) is 3. The lowest BCUT2D eigenvalue weighted by molar-refractivity contribution is 0.102. The number of carbonyl (C=O) groups excluding carboxylic acids is 1. The van der Waals surface area contributed by atoms with Gasteiger partial charge in [-0.1, -0.05) is 27.1 Å². The second kappa shape index (κ2) is 6.84. The molecule has 0 aliphatic heterocycles. The lowest BCUT2D eigenvalue weighted by Gasteiger charge is -2.12. The number of hydrogen-bond donors (Lipinski definition) is 1. The van der Waals surface area contributed by atoms with Crippen LogP contribution in [0.15, 0.2) is 57.4 Å². The number of amides is 1. The lowest BCUT2D eigenvalue weighted by Crippen LogP contribution is -2.13. The molecule has 1 heterocycles. The maximum absolute atomic E-state index is 12.2. The van der Waals surface area contributed by atoms with E-state index in [2.05, 4.69) is 31.4 Å². The summed E-state index contributed by atoms with van der Waals surface area (Å²) in [6, 6.07) is 14.8. The summed E-state index contributed by atoms with van der Waals surface area (Å²) in [6.45, 7) is 0. The highest BCUT2D eigenvalue weighted by Gasteiger charge is 2.13. The van der Waals surface area contributed by atoms with E-state index in [9.17, 15) is 4.79 Å². The van der Waals surface area contributed by atoms with Gasteiger partial charge in [0, 0.05) is 35.4 Å². The molecule has 0 saturated carbocycles. The average molecular weight is 387 g/mol. The second-order valence-electron chi connectivity index (χ2n) is 5.32. The number of aromatic nitrogens is 2. The van der Waals surface area contributed by atoms with Gasteiger partial charge in [-0.05, 0) is 42.5 Å². The fourth-order valence-electron chi connectivity index (χ4n) is 2.09. The fourth-order valence-corrected chi connectivity index (χ4v) is 2.49. The van der Waals surface area contributed by atoms with Crippen LogP contribution in [0.2, 0.25) is 0 Å². The smallest absolute Gasteiger partial charge is 0.322 e. The zero-order chi connectivity index (χ0) is 17.1. The Balaban J connectivity index is 1.73. The van der Waals surface area contributed by atoms with E-state index in [1.54, 1.807) is 12.1 Å². The predicted molar refractivity (Wildman–Crippen MR) is 96.2 cm³/mol. The molecular formula is C17H15BrN4O2. The molecule has 0 bridgehead atoms. The predicted octanol–water partition coefficient (Wildman–Crippen LogP) is 3.82. The SMILES string of the molecule is CN(C)c1ccc(C(=O)Nc2nnc(-c3cccc(Br)c3)o2)cc1. The first-order valence-corrected chi connectivity index (χ1v) is 8.00. The van der Waals surface area contributed by atoms with E-state index in [1.807, 2.05) is 55.4 Å². The van der Waals surface area contributed by atoms with Crippen molar-refractivity contribution in [3.05, 3.63) is 58.6 Å². The molecule has 122 valence electrons. The zero-order valence-corrected chi connectivity index (χ0v) is 14.7. The summed E-state index contributed by atoms with van der Waals surface area (Å²) in [4.78, 5) is 14.2. The molecular weight excluding hydrogens is 372 g/mol. The number of benzene rings is 2. The Morgan fingerprint density at radius 3 is 2.54 bits per heavy atom. The minimum Gasteiger partial charge on any atom is -0.403 e. The van der Waals surface area contributed by atoms with Gasteiger partial charge in [0.2, 0.25) is 5.89 Å². The molecule has 1 aromatic heterocycles. The van der Waals surface area contributed by atoms with Crippen LogP contribution in [0.5, 0.6) is 0 Å². The maximum atomic E-state index is 12.2. The third kappa shape index (κ3) is 3.62. The van der Waals surface area contributed by atoms with Crippen LogP contribution in [0.25, 0.3) is 11.5 Å². The Labute approximate surface area is 147 Å². The Hall–Kier alpha value is -2.67. The molecule has 1 amide bonds. The van der Waals surface area contributed by atoms with Gasteiger partial charge in [-0.15, -0.1) is 5.10 Å². The van der Waals surface area contributed by atoms with Crippen LogP contribution in [0.1, 0.15) is 10.4 Å². The van der Waals surface area contributed by atoms with Gasteiger partial charge in [0.15, 0.2) is 0 Å². The molecule has 3 aromatic rings. The van der Waals surface area contributed by atoms with Gasteiger partial charge in [-0.3, -0.25) is 10.1 Å². The molecule has 7 heteroatoms. The molecule has 0 spiro atoms. The summed E-state index contributed by atoms with van der Waals surface area (Å²) in [5, 5.41) is 10.4. The van der Waals surface area contributed by atoms with Crippen molar-refractivity contribution in [1.82, 2.24) is 10.2 Å². The van der Waals surface area contributed by atoms with Gasteiger partial charge in [0.05, 0.1) is 0 Å². The number of anilines is 2. The minimum atomic E-state index is -0.301. The fraction of sp³-hybridized carbons (Fsp3) is 0.118. The topological polar surface area (TPSA) is 71.3 Å². The molecule has 0 saturated heterocycles. The Kier molecular flexibility index (Phi) is 4.61. The molecule has 1 N–H and O–H groups in total. The number of halogens is 1. The molecule has 3 rings (SSSR count). The summed E-state index contributed by atoms with van der Waals surface area (Å²) < 4.78 is 6.40. The Bertz CT molecular complexity index is 859. The van der Waals surface area contributed by atoms with Crippen LogP contribution in [0.4, 0.5) is 11.7 Å². The number of rotatable bonds is 4. The van der Waals surface area contributed by atoms with Gasteiger partial charge < -0.3 is 9.32 Å². The quantitative estimate of drug-likeness (QED) is 0.737. The van der Waals surface area contributed by atoms with Crippen molar-refractivity contribution in [2.45, 2.75) is 0 Å². The highest BCUT2D eigenvalue weighted by Crippen LogP contribution is 2.23. The third-order valence-electron chi connectivity index (χ3n) is 3.36. The van der Waals surface area contributed by atoms with Gasteiger partial charge in [0.1, 0.15) is 0 Å². The second-order valence-corrected chi connectivity index (χ2v) is 6.23. The highest BCUT2D eigenvalue weighted by molar-refractivity contribution is 9.10. The van der Waals surface area contributed by atoms with Gasteiger partial charge >= 0.3 is 6.01 Å². The van der Waals surface area contributed by atoms with Gasteiger partial charge in [0.25, 0.3) is 5.91 Å². The summed E-state index contributed by atoms with van der Waals surface area (Å²) in [6.07, 6.45) is 0. The summed E-state index contributed by atoms with van der Waals surface area (Å²) >= 11 is 3.39. The van der Waals surface area contributed by atoms with E-state index in [0.717, 1.165) is 15.7 Å². The molecule has 0 aliphatic carbocycles. The first-order valence-electron chi connectivity index (χ1n) is 7.21. The molecule has 0 aliphatic rings. The van der Waals surface area contributed by atoms with Crippen LogP contribution >= 0.6 is 15.9 Å². The number of hydrogen-bond acceptors (Lipinski definition) is 5. The van der Waals surface area contributed by atoms with Crippen molar-refractivity contribution in [3.63, 3.8) is 0 Å². The van der Waals surface area contributed by atoms with Gasteiger partial charge in [-0.2, -0.15) is 0 Å². The van der Waals surface area contributed by atoms with Crippen molar-refractivity contribution < 1.29 is 9.21 Å². The Morgan fingerprint density at radius 2 is 1.88 bits per heavy atom. The van der Waals surface area contributed by atoms with Crippen molar-refractivity contribution in [3.8, 4) is 11.5 Å². The van der Waals surface area contributed by atoms with E-state index in [-0.39, 0.29) is 11.9 Å². The van der Waals surface area contributed by atoms with Crippen LogP contribution < -0.4 is 10.2 Å². The average Bonchev–Trinajstić information content (AvgIpc) is 3.03. The molecule has 6 nitrogen and oxygen atoms in total. The molecule has 0 atom stereocenters. The molecule has 2 aromatic carbocycles.